The van der Waals surface area contributed by atoms with Gasteiger partial charge in [0.25, 0.3) is 5.91 Å². The van der Waals surface area contributed by atoms with Crippen molar-refractivity contribution in [2.75, 3.05) is 27.2 Å². The number of carboxylic acid groups (broad SMARTS) is 1. The molecule has 4 atom stereocenters. The van der Waals surface area contributed by atoms with Crippen LogP contribution in [-0.2, 0) is 27.8 Å². The number of aromatic nitrogens is 2. The summed E-state index contributed by atoms with van der Waals surface area (Å²) >= 11 is 6.48. The average Bonchev–Trinajstić information content (AvgIpc) is 3.61. The van der Waals surface area contributed by atoms with Gasteiger partial charge in [0, 0.05) is 31.0 Å². The highest BCUT2D eigenvalue weighted by Crippen LogP contribution is 2.60. The Labute approximate surface area is 263 Å². The van der Waals surface area contributed by atoms with E-state index < -0.39 is 41.4 Å². The average molecular weight is 649 g/mol. The van der Waals surface area contributed by atoms with Crippen LogP contribution >= 0.6 is 11.6 Å². The number of rotatable bonds is 6. The molecule has 45 heavy (non-hydrogen) atoms. The lowest BCUT2D eigenvalue weighted by atomic mass is 9.82. The van der Waals surface area contributed by atoms with Gasteiger partial charge in [0.15, 0.2) is 0 Å². The molecule has 1 saturated heterocycles. The van der Waals surface area contributed by atoms with Gasteiger partial charge in [-0.3, -0.25) is 14.4 Å². The molecular formula is C32H36ClF3N4O5. The molecule has 2 heterocycles. The number of carbonyl (C=O) groups is 3. The first-order valence-corrected chi connectivity index (χ1v) is 15.7. The number of carbonyl (C=O) groups excluding carboxylic acids is 2. The first-order valence-electron chi connectivity index (χ1n) is 15.3. The number of nitrogens with zero attached hydrogens (tertiary/aromatic N) is 4. The van der Waals surface area contributed by atoms with Crippen LogP contribution in [-0.4, -0.2) is 93.1 Å². The van der Waals surface area contributed by atoms with Crippen molar-refractivity contribution in [3.8, 4) is 0 Å². The van der Waals surface area contributed by atoms with Crippen molar-refractivity contribution in [3.05, 3.63) is 57.4 Å². The molecule has 3 unspecified atom stereocenters. The Kier molecular flexibility index (Phi) is 8.14. The van der Waals surface area contributed by atoms with E-state index in [-0.39, 0.29) is 53.9 Å². The van der Waals surface area contributed by atoms with E-state index in [1.807, 2.05) is 25.1 Å². The van der Waals surface area contributed by atoms with Gasteiger partial charge in [0.05, 0.1) is 45.5 Å². The van der Waals surface area contributed by atoms with Crippen LogP contribution in [0.4, 0.5) is 13.2 Å². The molecule has 242 valence electrons. The molecule has 1 amide bonds. The van der Waals surface area contributed by atoms with Gasteiger partial charge in [-0.2, -0.15) is 23.0 Å². The molecule has 0 spiro atoms. The number of alkyl halides is 3. The third-order valence-electron chi connectivity index (χ3n) is 10.1. The Morgan fingerprint density at radius 2 is 1.80 bits per heavy atom. The van der Waals surface area contributed by atoms with Crippen molar-refractivity contribution in [2.24, 2.45) is 11.8 Å². The number of hydrogen-bond acceptors (Lipinski definition) is 6. The van der Waals surface area contributed by atoms with Crippen LogP contribution in [0.5, 0.6) is 0 Å². The van der Waals surface area contributed by atoms with Crippen molar-refractivity contribution < 1.29 is 37.8 Å². The summed E-state index contributed by atoms with van der Waals surface area (Å²) in [5, 5.41) is 24.6. The van der Waals surface area contributed by atoms with Crippen molar-refractivity contribution in [3.63, 3.8) is 0 Å². The second kappa shape index (κ2) is 11.5. The minimum absolute atomic E-state index is 0.107. The van der Waals surface area contributed by atoms with Gasteiger partial charge in [-0.05, 0) is 76.2 Å². The van der Waals surface area contributed by atoms with Crippen LogP contribution in [0, 0.1) is 11.8 Å². The van der Waals surface area contributed by atoms with E-state index in [0.29, 0.717) is 50.0 Å². The van der Waals surface area contributed by atoms with E-state index in [0.717, 1.165) is 15.8 Å². The number of carboxylic acids is 1. The number of benzene rings is 1. The summed E-state index contributed by atoms with van der Waals surface area (Å²) in [6, 6.07) is 3.90. The number of likely N-dealkylation sites (N-methyl/N-ethyl adjacent to an activating group) is 1. The number of halogens is 4. The van der Waals surface area contributed by atoms with Crippen molar-refractivity contribution in [1.82, 2.24) is 19.6 Å². The molecule has 2 N–H and O–H groups in total. The second-order valence-corrected chi connectivity index (χ2v) is 13.5. The maximum Gasteiger partial charge on any atom is 0.398 e. The van der Waals surface area contributed by atoms with Gasteiger partial charge in [-0.25, -0.2) is 0 Å². The standard InChI is InChI=1S/C32H36ClF3N4O5/c1-38(2)24-15-39(16-25(24)41)28(42)19-10-11-20-23(14-19)40(37-27(20)17-6-8-18(9-7-17)30(44)45)29(43)26-21(4-3-5-22(26)33)31(12-13-31)32(34,35)36/h3-6,18-19,24-25,41H,7-16H2,1-2H3,(H,44,45)/t18?,19?,24-,25?/m0/s1. The van der Waals surface area contributed by atoms with E-state index in [1.54, 1.807) is 4.90 Å². The van der Waals surface area contributed by atoms with Crippen LogP contribution in [0.1, 0.15) is 71.4 Å². The van der Waals surface area contributed by atoms with Crippen LogP contribution in [0.25, 0.3) is 5.57 Å². The van der Waals surface area contributed by atoms with Crippen molar-refractivity contribution in [2.45, 2.75) is 75.1 Å². The van der Waals surface area contributed by atoms with E-state index >= 15 is 0 Å². The highest BCUT2D eigenvalue weighted by atomic mass is 35.5. The maximum atomic E-state index is 14.3. The highest BCUT2D eigenvalue weighted by Gasteiger charge is 2.65. The molecule has 13 heteroatoms. The molecule has 9 nitrogen and oxygen atoms in total. The number of aliphatic hydroxyl groups is 1. The van der Waals surface area contributed by atoms with Crippen molar-refractivity contribution >= 4 is 35.0 Å². The third-order valence-corrected chi connectivity index (χ3v) is 10.5. The van der Waals surface area contributed by atoms with Crippen molar-refractivity contribution in [1.29, 1.82) is 0 Å². The van der Waals surface area contributed by atoms with E-state index in [1.165, 1.54) is 18.2 Å². The molecule has 1 saturated carbocycles. The number of likely N-dealkylation sites (tertiary alicyclic amines) is 1. The summed E-state index contributed by atoms with van der Waals surface area (Å²) in [4.78, 5) is 43.1. The third kappa shape index (κ3) is 5.48. The summed E-state index contributed by atoms with van der Waals surface area (Å²) in [5.74, 6) is -2.87. The lowest BCUT2D eigenvalue weighted by Gasteiger charge is -2.28. The fraction of sp³-hybridized carbons (Fsp3) is 0.562. The minimum Gasteiger partial charge on any atom is -0.481 e. The topological polar surface area (TPSA) is 116 Å². The summed E-state index contributed by atoms with van der Waals surface area (Å²) < 4.78 is 43.9. The van der Waals surface area contributed by atoms with Gasteiger partial charge in [0.1, 0.15) is 0 Å². The molecule has 0 bridgehead atoms. The largest absolute Gasteiger partial charge is 0.481 e. The molecule has 3 aliphatic carbocycles. The Hall–Kier alpha value is -3.22. The molecule has 6 rings (SSSR count). The summed E-state index contributed by atoms with van der Waals surface area (Å²) in [7, 11) is 3.68. The number of aliphatic carboxylic acids is 1. The lowest BCUT2D eigenvalue weighted by molar-refractivity contribution is -0.160. The Balaban J connectivity index is 1.40. The summed E-state index contributed by atoms with van der Waals surface area (Å²) in [6.07, 6.45) is -1.63. The lowest BCUT2D eigenvalue weighted by Crippen LogP contribution is -2.40. The Morgan fingerprint density at radius 3 is 2.38 bits per heavy atom. The molecule has 0 radical (unpaired) electrons. The van der Waals surface area contributed by atoms with Gasteiger partial charge in [-0.15, -0.1) is 0 Å². The van der Waals surface area contributed by atoms with E-state index in [2.05, 4.69) is 5.10 Å². The van der Waals surface area contributed by atoms with Crippen LogP contribution in [0.3, 0.4) is 0 Å². The summed E-state index contributed by atoms with van der Waals surface area (Å²) in [6.45, 7) is 0.550. The molecule has 1 aromatic carbocycles. The zero-order chi connectivity index (χ0) is 32.4. The van der Waals surface area contributed by atoms with Crippen LogP contribution in [0.15, 0.2) is 24.3 Å². The molecule has 1 aliphatic heterocycles. The molecule has 2 fully saturated rings. The van der Waals surface area contributed by atoms with Gasteiger partial charge in [-0.1, -0.05) is 29.8 Å². The van der Waals surface area contributed by atoms with Gasteiger partial charge < -0.3 is 20.0 Å². The maximum absolute atomic E-state index is 14.3. The number of amides is 1. The number of hydrogen-bond donors (Lipinski definition) is 2. The number of β-amino-alcohol motifs (C(OH)–C–C–N with tert-alkyl or cyclic N) is 1. The monoisotopic (exact) mass is 648 g/mol. The van der Waals surface area contributed by atoms with Gasteiger partial charge in [0.2, 0.25) is 5.91 Å². The fourth-order valence-electron chi connectivity index (χ4n) is 7.31. The summed E-state index contributed by atoms with van der Waals surface area (Å²) in [5.41, 5.74) is -0.0941. The molecule has 4 aliphatic rings. The fourth-order valence-corrected chi connectivity index (χ4v) is 7.57. The van der Waals surface area contributed by atoms with Crippen LogP contribution < -0.4 is 0 Å². The number of fused-ring (bicyclic) bond motifs is 1. The predicted octanol–water partition coefficient (Wildman–Crippen LogP) is 4.33. The molecule has 2 aromatic rings. The molecule has 1 aromatic heterocycles. The SMILES string of the molecule is CN(C)[C@H]1CN(C(=O)C2CCc3c(C4=CCC(C(=O)O)CC4)nn(C(=O)c4c(Cl)cccc4C4(C(F)(F)F)CC4)c3C2)CC1O. The predicted molar refractivity (Wildman–Crippen MR) is 159 cm³/mol. The zero-order valence-corrected chi connectivity index (χ0v) is 25.9. The second-order valence-electron chi connectivity index (χ2n) is 13.1. The van der Waals surface area contributed by atoms with E-state index in [4.69, 9.17) is 11.6 Å². The Bertz CT molecular complexity index is 1580. The number of allylic oxidation sites excluding steroid dienone is 2. The van der Waals surface area contributed by atoms with Gasteiger partial charge >= 0.3 is 12.1 Å². The first-order chi connectivity index (χ1) is 21.2. The minimum atomic E-state index is -4.57. The Morgan fingerprint density at radius 1 is 1.09 bits per heavy atom. The van der Waals surface area contributed by atoms with E-state index in [9.17, 15) is 37.8 Å². The first kappa shape index (κ1) is 31.7. The highest BCUT2D eigenvalue weighted by molar-refractivity contribution is 6.34. The normalized spacial score (nSPS) is 26.0. The number of aliphatic hydroxyl groups excluding tert-OH is 1. The quantitative estimate of drug-likeness (QED) is 0.479. The molecular weight excluding hydrogens is 613 g/mol. The smallest absolute Gasteiger partial charge is 0.398 e. The van der Waals surface area contributed by atoms with Crippen LogP contribution in [0.2, 0.25) is 5.02 Å². The zero-order valence-electron chi connectivity index (χ0n) is 25.1.